The summed E-state index contributed by atoms with van der Waals surface area (Å²) in [5.74, 6) is 0.323. The van der Waals surface area contributed by atoms with Gasteiger partial charge >= 0.3 is 0 Å². The SMILES string of the molecule is CS(=O)(=O)c1cccnc1NCC1(O)CCCCC1. The molecule has 0 radical (unpaired) electrons. The molecule has 6 heteroatoms. The number of hydrogen-bond acceptors (Lipinski definition) is 5. The summed E-state index contributed by atoms with van der Waals surface area (Å²) >= 11 is 0. The van der Waals surface area contributed by atoms with E-state index in [2.05, 4.69) is 10.3 Å². The minimum Gasteiger partial charge on any atom is -0.388 e. The van der Waals surface area contributed by atoms with Crippen molar-refractivity contribution in [3.8, 4) is 0 Å². The van der Waals surface area contributed by atoms with Gasteiger partial charge in [0.25, 0.3) is 0 Å². The number of rotatable bonds is 4. The maximum absolute atomic E-state index is 11.6. The zero-order valence-corrected chi connectivity index (χ0v) is 11.9. The third kappa shape index (κ3) is 3.67. The summed E-state index contributed by atoms with van der Waals surface area (Å²) in [4.78, 5) is 4.23. The van der Waals surface area contributed by atoms with Crippen LogP contribution in [0.15, 0.2) is 23.2 Å². The molecule has 0 aromatic carbocycles. The van der Waals surface area contributed by atoms with Crippen LogP contribution in [-0.4, -0.2) is 36.9 Å². The molecule has 0 bridgehead atoms. The second-order valence-corrected chi connectivity index (χ2v) is 7.25. The van der Waals surface area contributed by atoms with E-state index in [0.29, 0.717) is 12.4 Å². The van der Waals surface area contributed by atoms with Gasteiger partial charge in [-0.3, -0.25) is 0 Å². The van der Waals surface area contributed by atoms with Crippen LogP contribution in [0.2, 0.25) is 0 Å². The van der Waals surface area contributed by atoms with E-state index in [9.17, 15) is 13.5 Å². The second-order valence-electron chi connectivity index (χ2n) is 5.26. The molecule has 1 fully saturated rings. The smallest absolute Gasteiger partial charge is 0.179 e. The highest BCUT2D eigenvalue weighted by Crippen LogP contribution is 2.28. The molecule has 1 aromatic heterocycles. The van der Waals surface area contributed by atoms with E-state index < -0.39 is 15.4 Å². The molecule has 0 unspecified atom stereocenters. The van der Waals surface area contributed by atoms with Crippen LogP contribution in [0.5, 0.6) is 0 Å². The van der Waals surface area contributed by atoms with E-state index >= 15 is 0 Å². The molecule has 1 saturated carbocycles. The summed E-state index contributed by atoms with van der Waals surface area (Å²) in [6.07, 6.45) is 7.38. The summed E-state index contributed by atoms with van der Waals surface area (Å²) in [5, 5.41) is 13.4. The molecule has 1 heterocycles. The molecular weight excluding hydrogens is 264 g/mol. The van der Waals surface area contributed by atoms with Crippen molar-refractivity contribution in [3.63, 3.8) is 0 Å². The first-order valence-electron chi connectivity index (χ1n) is 6.52. The Morgan fingerprint density at radius 1 is 1.37 bits per heavy atom. The summed E-state index contributed by atoms with van der Waals surface area (Å²) in [6, 6.07) is 3.12. The third-order valence-electron chi connectivity index (χ3n) is 3.54. The predicted octanol–water partition coefficient (Wildman–Crippen LogP) is 1.59. The van der Waals surface area contributed by atoms with Gasteiger partial charge in [0.2, 0.25) is 0 Å². The largest absolute Gasteiger partial charge is 0.388 e. The molecule has 5 nitrogen and oxygen atoms in total. The van der Waals surface area contributed by atoms with Crippen molar-refractivity contribution >= 4 is 15.7 Å². The predicted molar refractivity (Wildman–Crippen MR) is 73.9 cm³/mol. The van der Waals surface area contributed by atoms with Crippen LogP contribution < -0.4 is 5.32 Å². The molecule has 1 aromatic rings. The van der Waals surface area contributed by atoms with Crippen LogP contribution in [-0.2, 0) is 9.84 Å². The molecule has 2 N–H and O–H groups in total. The van der Waals surface area contributed by atoms with Crippen LogP contribution in [0, 0.1) is 0 Å². The zero-order valence-electron chi connectivity index (χ0n) is 11.1. The molecule has 106 valence electrons. The Labute approximate surface area is 114 Å². The molecule has 19 heavy (non-hydrogen) atoms. The van der Waals surface area contributed by atoms with Crippen molar-refractivity contribution in [2.24, 2.45) is 0 Å². The van der Waals surface area contributed by atoms with Crippen LogP contribution >= 0.6 is 0 Å². The molecule has 0 atom stereocenters. The van der Waals surface area contributed by atoms with E-state index in [1.54, 1.807) is 12.3 Å². The standard InChI is InChI=1S/C13H20N2O3S/c1-19(17,18)11-6-5-9-14-12(11)15-10-13(16)7-3-2-4-8-13/h5-6,9,16H,2-4,7-8,10H2,1H3,(H,14,15). The summed E-state index contributed by atoms with van der Waals surface area (Å²) < 4.78 is 23.3. The Hall–Kier alpha value is -1.14. The number of nitrogens with zero attached hydrogens (tertiary/aromatic N) is 1. The van der Waals surface area contributed by atoms with Crippen molar-refractivity contribution in [2.75, 3.05) is 18.1 Å². The number of aromatic nitrogens is 1. The molecule has 0 spiro atoms. The number of hydrogen-bond donors (Lipinski definition) is 2. The normalized spacial score (nSPS) is 19.1. The average Bonchev–Trinajstić information content (AvgIpc) is 2.37. The molecule has 2 rings (SSSR count). The molecular formula is C13H20N2O3S. The van der Waals surface area contributed by atoms with Gasteiger partial charge in [0, 0.05) is 19.0 Å². The van der Waals surface area contributed by atoms with E-state index in [-0.39, 0.29) is 4.90 Å². The van der Waals surface area contributed by atoms with Crippen molar-refractivity contribution in [1.82, 2.24) is 4.98 Å². The summed E-state index contributed by atoms with van der Waals surface area (Å²) in [7, 11) is -3.31. The van der Waals surface area contributed by atoms with Crippen molar-refractivity contribution in [2.45, 2.75) is 42.6 Å². The average molecular weight is 284 g/mol. The lowest BCUT2D eigenvalue weighted by molar-refractivity contribution is 0.0166. The first-order chi connectivity index (χ1) is 8.91. The Balaban J connectivity index is 2.12. The topological polar surface area (TPSA) is 79.3 Å². The number of pyridine rings is 1. The minimum absolute atomic E-state index is 0.175. The lowest BCUT2D eigenvalue weighted by atomic mass is 9.85. The maximum Gasteiger partial charge on any atom is 0.179 e. The van der Waals surface area contributed by atoms with Gasteiger partial charge in [-0.2, -0.15) is 0 Å². The van der Waals surface area contributed by atoms with Gasteiger partial charge in [-0.05, 0) is 25.0 Å². The highest BCUT2D eigenvalue weighted by Gasteiger charge is 2.29. The molecule has 0 aliphatic heterocycles. The maximum atomic E-state index is 11.6. The molecule has 1 aliphatic carbocycles. The number of anilines is 1. The highest BCUT2D eigenvalue weighted by molar-refractivity contribution is 7.90. The Morgan fingerprint density at radius 3 is 2.68 bits per heavy atom. The van der Waals surface area contributed by atoms with Gasteiger partial charge in [0.1, 0.15) is 10.7 Å². The fourth-order valence-corrected chi connectivity index (χ4v) is 3.26. The van der Waals surface area contributed by atoms with Gasteiger partial charge in [-0.1, -0.05) is 19.3 Å². The van der Waals surface area contributed by atoms with Gasteiger partial charge in [0.05, 0.1) is 5.60 Å². The van der Waals surface area contributed by atoms with Crippen LogP contribution in [0.3, 0.4) is 0 Å². The minimum atomic E-state index is -3.31. The van der Waals surface area contributed by atoms with Crippen molar-refractivity contribution in [3.05, 3.63) is 18.3 Å². The Bertz CT molecular complexity index is 537. The quantitative estimate of drug-likeness (QED) is 0.878. The van der Waals surface area contributed by atoms with Crippen molar-refractivity contribution in [1.29, 1.82) is 0 Å². The second kappa shape index (κ2) is 5.46. The Kier molecular flexibility index (Phi) is 4.10. The number of aliphatic hydroxyl groups is 1. The van der Waals surface area contributed by atoms with E-state index in [0.717, 1.165) is 38.4 Å². The monoisotopic (exact) mass is 284 g/mol. The molecule has 0 saturated heterocycles. The first-order valence-corrected chi connectivity index (χ1v) is 8.41. The molecule has 1 aliphatic rings. The van der Waals surface area contributed by atoms with Gasteiger partial charge in [-0.25, -0.2) is 13.4 Å². The lowest BCUT2D eigenvalue weighted by Gasteiger charge is -2.32. The number of sulfone groups is 1. The van der Waals surface area contributed by atoms with Crippen molar-refractivity contribution < 1.29 is 13.5 Å². The highest BCUT2D eigenvalue weighted by atomic mass is 32.2. The lowest BCUT2D eigenvalue weighted by Crippen LogP contribution is -2.39. The van der Waals surface area contributed by atoms with Crippen LogP contribution in [0.25, 0.3) is 0 Å². The first kappa shape index (κ1) is 14.3. The van der Waals surface area contributed by atoms with E-state index in [4.69, 9.17) is 0 Å². The van der Waals surface area contributed by atoms with Crippen LogP contribution in [0.1, 0.15) is 32.1 Å². The fourth-order valence-electron chi connectivity index (χ4n) is 2.46. The Morgan fingerprint density at radius 2 is 2.05 bits per heavy atom. The zero-order chi connectivity index (χ0) is 13.9. The summed E-state index contributed by atoms with van der Waals surface area (Å²) in [6.45, 7) is 0.340. The fraction of sp³-hybridized carbons (Fsp3) is 0.615. The van der Waals surface area contributed by atoms with Gasteiger partial charge in [-0.15, -0.1) is 0 Å². The van der Waals surface area contributed by atoms with E-state index in [1.807, 2.05) is 0 Å². The van der Waals surface area contributed by atoms with Gasteiger partial charge in [0.15, 0.2) is 9.84 Å². The molecule has 0 amide bonds. The van der Waals surface area contributed by atoms with Gasteiger partial charge < -0.3 is 10.4 Å². The number of nitrogens with one attached hydrogen (secondary N) is 1. The van der Waals surface area contributed by atoms with Crippen LogP contribution in [0.4, 0.5) is 5.82 Å². The summed E-state index contributed by atoms with van der Waals surface area (Å²) in [5.41, 5.74) is -0.745. The van der Waals surface area contributed by atoms with E-state index in [1.165, 1.54) is 6.07 Å². The third-order valence-corrected chi connectivity index (χ3v) is 4.67.